The highest BCUT2D eigenvalue weighted by Crippen LogP contribution is 2.25. The molecule has 2 rings (SSSR count). The van der Waals surface area contributed by atoms with Crippen molar-refractivity contribution in [1.82, 2.24) is 5.32 Å². The molecular weight excluding hydrogens is 178 g/mol. The molecular formula is C11H13NS. The summed E-state index contributed by atoms with van der Waals surface area (Å²) in [6.07, 6.45) is 0. The van der Waals surface area contributed by atoms with Crippen LogP contribution >= 0.6 is 11.3 Å². The first-order valence-corrected chi connectivity index (χ1v) is 5.30. The summed E-state index contributed by atoms with van der Waals surface area (Å²) >= 11 is 1.82. The standard InChI is InChI=1S/C11H13NS/c1-8-5-9(7-12-2)6-10-3-4-13-11(8)10/h3-6,12H,7H2,1-2H3. The minimum atomic E-state index is 0.951. The Morgan fingerprint density at radius 1 is 1.38 bits per heavy atom. The van der Waals surface area contributed by atoms with E-state index in [1.165, 1.54) is 21.2 Å². The number of thiophene rings is 1. The van der Waals surface area contributed by atoms with Crippen molar-refractivity contribution in [3.63, 3.8) is 0 Å². The summed E-state index contributed by atoms with van der Waals surface area (Å²) in [5.74, 6) is 0. The van der Waals surface area contributed by atoms with Crippen molar-refractivity contribution < 1.29 is 0 Å². The maximum Gasteiger partial charge on any atom is 0.0372 e. The molecule has 0 saturated carbocycles. The second-order valence-corrected chi connectivity index (χ2v) is 4.20. The Hall–Kier alpha value is -0.860. The van der Waals surface area contributed by atoms with Crippen molar-refractivity contribution in [3.05, 3.63) is 34.7 Å². The molecule has 0 aliphatic carbocycles. The lowest BCUT2D eigenvalue weighted by Gasteiger charge is -2.02. The van der Waals surface area contributed by atoms with Crippen molar-refractivity contribution in [1.29, 1.82) is 0 Å². The predicted octanol–water partition coefficient (Wildman–Crippen LogP) is 2.93. The van der Waals surface area contributed by atoms with E-state index < -0.39 is 0 Å². The molecule has 0 unspecified atom stereocenters. The second-order valence-electron chi connectivity index (χ2n) is 3.28. The molecule has 13 heavy (non-hydrogen) atoms. The molecule has 0 fully saturated rings. The molecule has 0 amide bonds. The van der Waals surface area contributed by atoms with Crippen LogP contribution in [0, 0.1) is 6.92 Å². The van der Waals surface area contributed by atoms with Crippen LogP contribution in [-0.2, 0) is 6.54 Å². The Morgan fingerprint density at radius 2 is 2.23 bits per heavy atom. The average Bonchev–Trinajstić information content (AvgIpc) is 2.53. The quantitative estimate of drug-likeness (QED) is 0.769. The van der Waals surface area contributed by atoms with Crippen molar-refractivity contribution in [2.45, 2.75) is 13.5 Å². The van der Waals surface area contributed by atoms with E-state index in [9.17, 15) is 0 Å². The van der Waals surface area contributed by atoms with Gasteiger partial charge < -0.3 is 5.32 Å². The molecule has 1 N–H and O–H groups in total. The van der Waals surface area contributed by atoms with Crippen LogP contribution < -0.4 is 5.32 Å². The Morgan fingerprint density at radius 3 is 3.00 bits per heavy atom. The summed E-state index contributed by atoms with van der Waals surface area (Å²) in [7, 11) is 1.98. The molecule has 0 aliphatic rings. The first-order valence-electron chi connectivity index (χ1n) is 4.42. The zero-order valence-corrected chi connectivity index (χ0v) is 8.74. The minimum absolute atomic E-state index is 0.951. The molecule has 68 valence electrons. The van der Waals surface area contributed by atoms with E-state index in [4.69, 9.17) is 0 Å². The normalized spacial score (nSPS) is 10.9. The average molecular weight is 191 g/mol. The summed E-state index contributed by atoms with van der Waals surface area (Å²) < 4.78 is 1.42. The Bertz CT molecular complexity index is 417. The van der Waals surface area contributed by atoms with Gasteiger partial charge in [-0.1, -0.05) is 6.07 Å². The summed E-state index contributed by atoms with van der Waals surface area (Å²) in [6.45, 7) is 3.13. The lowest BCUT2D eigenvalue weighted by Crippen LogP contribution is -2.04. The zero-order valence-electron chi connectivity index (χ0n) is 7.92. The smallest absolute Gasteiger partial charge is 0.0372 e. The number of benzene rings is 1. The maximum absolute atomic E-state index is 3.17. The molecule has 0 atom stereocenters. The Balaban J connectivity index is 2.56. The highest BCUT2D eigenvalue weighted by atomic mass is 32.1. The summed E-state index contributed by atoms with van der Waals surface area (Å²) in [5.41, 5.74) is 2.75. The van der Waals surface area contributed by atoms with Gasteiger partial charge in [0.25, 0.3) is 0 Å². The van der Waals surface area contributed by atoms with E-state index in [2.05, 4.69) is 35.8 Å². The van der Waals surface area contributed by atoms with E-state index >= 15 is 0 Å². The van der Waals surface area contributed by atoms with Crippen molar-refractivity contribution >= 4 is 21.4 Å². The molecule has 2 aromatic rings. The molecule has 1 aromatic carbocycles. The van der Waals surface area contributed by atoms with E-state index in [1.807, 2.05) is 18.4 Å². The van der Waals surface area contributed by atoms with Gasteiger partial charge >= 0.3 is 0 Å². The topological polar surface area (TPSA) is 12.0 Å². The third-order valence-corrected chi connectivity index (χ3v) is 3.24. The molecule has 1 aromatic heterocycles. The highest BCUT2D eigenvalue weighted by Gasteiger charge is 2.00. The molecule has 1 heterocycles. The van der Waals surface area contributed by atoms with Crippen LogP contribution in [0.3, 0.4) is 0 Å². The Labute approximate surface area is 82.4 Å². The highest BCUT2D eigenvalue weighted by molar-refractivity contribution is 7.17. The van der Waals surface area contributed by atoms with Crippen LogP contribution in [0.5, 0.6) is 0 Å². The van der Waals surface area contributed by atoms with Crippen LogP contribution in [0.2, 0.25) is 0 Å². The fraction of sp³-hybridized carbons (Fsp3) is 0.273. The van der Waals surface area contributed by atoms with Crippen molar-refractivity contribution in [3.8, 4) is 0 Å². The van der Waals surface area contributed by atoms with Gasteiger partial charge in [0.2, 0.25) is 0 Å². The minimum Gasteiger partial charge on any atom is -0.316 e. The fourth-order valence-electron chi connectivity index (χ4n) is 1.64. The zero-order chi connectivity index (χ0) is 9.26. The first kappa shape index (κ1) is 8.73. The van der Waals surface area contributed by atoms with Crippen LogP contribution in [0.15, 0.2) is 23.6 Å². The van der Waals surface area contributed by atoms with Gasteiger partial charge in [-0.2, -0.15) is 0 Å². The lowest BCUT2D eigenvalue weighted by molar-refractivity contribution is 0.818. The second kappa shape index (κ2) is 3.48. The van der Waals surface area contributed by atoms with Gasteiger partial charge in [-0.05, 0) is 48.0 Å². The third-order valence-electron chi connectivity index (χ3n) is 2.18. The summed E-state index contributed by atoms with van der Waals surface area (Å²) in [4.78, 5) is 0. The largest absolute Gasteiger partial charge is 0.316 e. The SMILES string of the molecule is CNCc1cc(C)c2sccc2c1. The fourth-order valence-corrected chi connectivity index (χ4v) is 2.50. The van der Waals surface area contributed by atoms with Gasteiger partial charge in [-0.3, -0.25) is 0 Å². The van der Waals surface area contributed by atoms with Gasteiger partial charge in [0, 0.05) is 11.2 Å². The van der Waals surface area contributed by atoms with Gasteiger partial charge in [0.05, 0.1) is 0 Å². The van der Waals surface area contributed by atoms with E-state index in [0.29, 0.717) is 0 Å². The van der Waals surface area contributed by atoms with Crippen molar-refractivity contribution in [2.75, 3.05) is 7.05 Å². The number of aryl methyl sites for hydroxylation is 1. The van der Waals surface area contributed by atoms with Gasteiger partial charge in [0.15, 0.2) is 0 Å². The van der Waals surface area contributed by atoms with Gasteiger partial charge in [-0.25, -0.2) is 0 Å². The molecule has 0 aliphatic heterocycles. The van der Waals surface area contributed by atoms with Crippen LogP contribution in [0.25, 0.3) is 10.1 Å². The van der Waals surface area contributed by atoms with Crippen LogP contribution in [0.1, 0.15) is 11.1 Å². The van der Waals surface area contributed by atoms with E-state index in [-0.39, 0.29) is 0 Å². The molecule has 1 nitrogen and oxygen atoms in total. The summed E-state index contributed by atoms with van der Waals surface area (Å²) in [5, 5.41) is 6.70. The molecule has 0 spiro atoms. The van der Waals surface area contributed by atoms with Crippen molar-refractivity contribution in [2.24, 2.45) is 0 Å². The first-order chi connectivity index (χ1) is 6.31. The number of fused-ring (bicyclic) bond motifs is 1. The summed E-state index contributed by atoms with van der Waals surface area (Å²) in [6, 6.07) is 6.71. The number of hydrogen-bond acceptors (Lipinski definition) is 2. The maximum atomic E-state index is 3.17. The monoisotopic (exact) mass is 191 g/mol. The molecule has 0 bridgehead atoms. The lowest BCUT2D eigenvalue weighted by atomic mass is 10.1. The van der Waals surface area contributed by atoms with Gasteiger partial charge in [-0.15, -0.1) is 11.3 Å². The third kappa shape index (κ3) is 1.60. The van der Waals surface area contributed by atoms with Crippen LogP contribution in [-0.4, -0.2) is 7.05 Å². The van der Waals surface area contributed by atoms with Crippen LogP contribution in [0.4, 0.5) is 0 Å². The number of rotatable bonds is 2. The molecule has 0 saturated heterocycles. The number of hydrogen-bond donors (Lipinski definition) is 1. The molecule has 0 radical (unpaired) electrons. The Kier molecular flexibility index (Phi) is 2.34. The van der Waals surface area contributed by atoms with E-state index in [0.717, 1.165) is 6.54 Å². The molecule has 2 heteroatoms. The number of nitrogens with one attached hydrogen (secondary N) is 1. The van der Waals surface area contributed by atoms with E-state index in [1.54, 1.807) is 0 Å². The predicted molar refractivity (Wildman–Crippen MR) is 59.3 cm³/mol. The van der Waals surface area contributed by atoms with Gasteiger partial charge in [0.1, 0.15) is 0 Å².